The summed E-state index contributed by atoms with van der Waals surface area (Å²) in [5, 5.41) is 3.48. The molecule has 5 heteroatoms. The summed E-state index contributed by atoms with van der Waals surface area (Å²) in [5.41, 5.74) is 2.65. The van der Waals surface area contributed by atoms with E-state index in [4.69, 9.17) is 11.6 Å². The van der Waals surface area contributed by atoms with Crippen molar-refractivity contribution in [1.29, 1.82) is 0 Å². The second kappa shape index (κ2) is 8.37. The zero-order valence-corrected chi connectivity index (χ0v) is 15.7. The fourth-order valence-corrected chi connectivity index (χ4v) is 3.33. The number of rotatable bonds is 3. The number of nitrogens with zero attached hydrogens (tertiary/aromatic N) is 1. The van der Waals surface area contributed by atoms with Gasteiger partial charge in [-0.05, 0) is 61.7 Å². The lowest BCUT2D eigenvalue weighted by atomic mass is 10.1. The van der Waals surface area contributed by atoms with Gasteiger partial charge in [0.1, 0.15) is 0 Å². The fourth-order valence-electron chi connectivity index (χ4n) is 3.16. The van der Waals surface area contributed by atoms with Gasteiger partial charge in [-0.15, -0.1) is 0 Å². The molecule has 0 saturated carbocycles. The highest BCUT2D eigenvalue weighted by Crippen LogP contribution is 2.23. The molecule has 2 aromatic rings. The average molecular weight is 371 g/mol. The summed E-state index contributed by atoms with van der Waals surface area (Å²) >= 11 is 6.09. The van der Waals surface area contributed by atoms with Crippen LogP contribution in [0, 0.1) is 6.92 Å². The molecule has 0 unspecified atom stereocenters. The number of hydrogen-bond donors (Lipinski definition) is 1. The third-order valence-electron chi connectivity index (χ3n) is 4.80. The summed E-state index contributed by atoms with van der Waals surface area (Å²) in [5.74, 6) is -0.173. The smallest absolute Gasteiger partial charge is 0.255 e. The summed E-state index contributed by atoms with van der Waals surface area (Å²) in [6, 6.07) is 12.3. The van der Waals surface area contributed by atoms with Crippen molar-refractivity contribution >= 4 is 29.1 Å². The summed E-state index contributed by atoms with van der Waals surface area (Å²) in [6.45, 7) is 3.49. The predicted molar refractivity (Wildman–Crippen MR) is 105 cm³/mol. The molecule has 0 aromatic heterocycles. The molecule has 1 heterocycles. The van der Waals surface area contributed by atoms with Crippen LogP contribution in [0.3, 0.4) is 0 Å². The molecule has 0 spiro atoms. The van der Waals surface area contributed by atoms with Crippen LogP contribution in [0.1, 0.15) is 52.0 Å². The number of carbonyl (C=O) groups excluding carboxylic acids is 2. The topological polar surface area (TPSA) is 49.4 Å². The Morgan fingerprint density at radius 2 is 1.54 bits per heavy atom. The minimum atomic E-state index is -0.218. The van der Waals surface area contributed by atoms with Crippen LogP contribution in [0.2, 0.25) is 5.02 Å². The van der Waals surface area contributed by atoms with E-state index in [9.17, 15) is 9.59 Å². The molecule has 4 nitrogen and oxygen atoms in total. The van der Waals surface area contributed by atoms with E-state index in [0.29, 0.717) is 21.8 Å². The lowest BCUT2D eigenvalue weighted by Crippen LogP contribution is -2.31. The second-order valence-corrected chi connectivity index (χ2v) is 7.06. The number of amides is 2. The minimum absolute atomic E-state index is 0.0459. The Balaban J connectivity index is 1.69. The molecule has 0 bridgehead atoms. The van der Waals surface area contributed by atoms with Gasteiger partial charge in [-0.1, -0.05) is 30.5 Å². The molecule has 1 fully saturated rings. The number of carbonyl (C=O) groups is 2. The number of benzene rings is 2. The maximum absolute atomic E-state index is 12.6. The molecule has 0 radical (unpaired) electrons. The van der Waals surface area contributed by atoms with Gasteiger partial charge in [0.25, 0.3) is 11.8 Å². The Morgan fingerprint density at radius 3 is 2.19 bits per heavy atom. The van der Waals surface area contributed by atoms with Crippen LogP contribution in [0.4, 0.5) is 5.69 Å². The molecule has 0 atom stereocenters. The zero-order valence-electron chi connectivity index (χ0n) is 14.9. The highest BCUT2D eigenvalue weighted by Gasteiger charge is 2.18. The zero-order chi connectivity index (χ0) is 18.5. The van der Waals surface area contributed by atoms with Crippen LogP contribution < -0.4 is 5.32 Å². The number of nitrogens with one attached hydrogen (secondary N) is 1. The molecule has 2 aromatic carbocycles. The van der Waals surface area contributed by atoms with Crippen molar-refractivity contribution in [2.24, 2.45) is 0 Å². The monoisotopic (exact) mass is 370 g/mol. The summed E-state index contributed by atoms with van der Waals surface area (Å²) < 4.78 is 0. The van der Waals surface area contributed by atoms with Gasteiger partial charge in [0.15, 0.2) is 0 Å². The van der Waals surface area contributed by atoms with Gasteiger partial charge >= 0.3 is 0 Å². The van der Waals surface area contributed by atoms with Crippen LogP contribution in [-0.2, 0) is 0 Å². The van der Waals surface area contributed by atoms with Gasteiger partial charge in [-0.2, -0.15) is 0 Å². The van der Waals surface area contributed by atoms with Crippen LogP contribution in [0.25, 0.3) is 0 Å². The number of hydrogen-bond acceptors (Lipinski definition) is 2. The van der Waals surface area contributed by atoms with Crippen molar-refractivity contribution in [3.63, 3.8) is 0 Å². The van der Waals surface area contributed by atoms with Gasteiger partial charge in [0.2, 0.25) is 0 Å². The van der Waals surface area contributed by atoms with E-state index in [1.807, 2.05) is 17.9 Å². The molecular weight excluding hydrogens is 348 g/mol. The van der Waals surface area contributed by atoms with Gasteiger partial charge in [-0.3, -0.25) is 9.59 Å². The standard InChI is InChI=1S/C21H23ClN2O2/c1-15-18(22)7-6-8-19(15)23-20(25)16-9-11-17(12-10-16)21(26)24-13-4-2-3-5-14-24/h6-12H,2-5,13-14H2,1H3,(H,23,25). The van der Waals surface area contributed by atoms with Gasteiger partial charge in [-0.25, -0.2) is 0 Å². The fraction of sp³-hybridized carbons (Fsp3) is 0.333. The summed E-state index contributed by atoms with van der Waals surface area (Å²) in [7, 11) is 0. The van der Waals surface area contributed by atoms with Crippen LogP contribution in [-0.4, -0.2) is 29.8 Å². The predicted octanol–water partition coefficient (Wildman–Crippen LogP) is 4.92. The first-order chi connectivity index (χ1) is 12.6. The van der Waals surface area contributed by atoms with Crippen molar-refractivity contribution in [3.8, 4) is 0 Å². The minimum Gasteiger partial charge on any atom is -0.339 e. The molecule has 1 aliphatic heterocycles. The number of halogens is 1. The number of likely N-dealkylation sites (tertiary alicyclic amines) is 1. The third kappa shape index (κ3) is 4.25. The van der Waals surface area contributed by atoms with E-state index in [-0.39, 0.29) is 11.8 Å². The van der Waals surface area contributed by atoms with Gasteiger partial charge < -0.3 is 10.2 Å². The first-order valence-electron chi connectivity index (χ1n) is 9.02. The van der Waals surface area contributed by atoms with Crippen LogP contribution in [0.5, 0.6) is 0 Å². The normalized spacial score (nSPS) is 14.6. The van der Waals surface area contributed by atoms with Crippen molar-refractivity contribution in [2.45, 2.75) is 32.6 Å². The first-order valence-corrected chi connectivity index (χ1v) is 9.40. The Morgan fingerprint density at radius 1 is 0.923 bits per heavy atom. The van der Waals surface area contributed by atoms with E-state index >= 15 is 0 Å². The maximum Gasteiger partial charge on any atom is 0.255 e. The Kier molecular flexibility index (Phi) is 5.94. The first kappa shape index (κ1) is 18.5. The van der Waals surface area contributed by atoms with Crippen molar-refractivity contribution in [2.75, 3.05) is 18.4 Å². The van der Waals surface area contributed by atoms with Crippen LogP contribution >= 0.6 is 11.6 Å². The molecule has 136 valence electrons. The largest absolute Gasteiger partial charge is 0.339 e. The average Bonchev–Trinajstić information content (AvgIpc) is 2.94. The molecule has 1 N–H and O–H groups in total. The van der Waals surface area contributed by atoms with Crippen molar-refractivity contribution in [3.05, 3.63) is 64.2 Å². The summed E-state index contributed by atoms with van der Waals surface area (Å²) in [4.78, 5) is 27.0. The second-order valence-electron chi connectivity index (χ2n) is 6.65. The lowest BCUT2D eigenvalue weighted by molar-refractivity contribution is 0.0761. The lowest BCUT2D eigenvalue weighted by Gasteiger charge is -2.20. The molecule has 26 heavy (non-hydrogen) atoms. The van der Waals surface area contributed by atoms with Gasteiger partial charge in [0.05, 0.1) is 0 Å². The molecule has 1 saturated heterocycles. The molecule has 2 amide bonds. The van der Waals surface area contributed by atoms with Gasteiger partial charge in [0, 0.05) is 34.9 Å². The molecule has 0 aliphatic carbocycles. The Bertz CT molecular complexity index is 794. The SMILES string of the molecule is Cc1c(Cl)cccc1NC(=O)c1ccc(C(=O)N2CCCCCC2)cc1. The molecule has 1 aliphatic rings. The van der Waals surface area contributed by atoms with E-state index in [1.165, 1.54) is 12.8 Å². The summed E-state index contributed by atoms with van der Waals surface area (Å²) in [6.07, 6.45) is 4.49. The Labute approximate surface area is 159 Å². The van der Waals surface area contributed by atoms with E-state index < -0.39 is 0 Å². The third-order valence-corrected chi connectivity index (χ3v) is 5.21. The van der Waals surface area contributed by atoms with E-state index in [0.717, 1.165) is 31.5 Å². The maximum atomic E-state index is 12.6. The highest BCUT2D eigenvalue weighted by molar-refractivity contribution is 6.31. The van der Waals surface area contributed by atoms with Crippen molar-refractivity contribution in [1.82, 2.24) is 4.90 Å². The van der Waals surface area contributed by atoms with Crippen molar-refractivity contribution < 1.29 is 9.59 Å². The Hall–Kier alpha value is -2.33. The highest BCUT2D eigenvalue weighted by atomic mass is 35.5. The molecule has 3 rings (SSSR count). The van der Waals surface area contributed by atoms with E-state index in [1.54, 1.807) is 36.4 Å². The quantitative estimate of drug-likeness (QED) is 0.833. The molecular formula is C21H23ClN2O2. The van der Waals surface area contributed by atoms with E-state index in [2.05, 4.69) is 5.32 Å². The number of anilines is 1. The van der Waals surface area contributed by atoms with Crippen LogP contribution in [0.15, 0.2) is 42.5 Å².